The summed E-state index contributed by atoms with van der Waals surface area (Å²) in [5.74, 6) is 0.0638. The van der Waals surface area contributed by atoms with Crippen molar-refractivity contribution < 1.29 is 14.6 Å². The minimum atomic E-state index is -0.698. The smallest absolute Gasteiger partial charge is 0.339 e. The maximum absolute atomic E-state index is 11.9. The summed E-state index contributed by atoms with van der Waals surface area (Å²) >= 11 is 0. The number of aliphatic hydroxyl groups excluding tert-OH is 1. The number of esters is 1. The second-order valence-corrected chi connectivity index (χ2v) is 4.58. The Balaban J connectivity index is 2.25. The highest BCUT2D eigenvalue weighted by Gasteiger charge is 2.24. The predicted molar refractivity (Wildman–Crippen MR) is 69.5 cm³/mol. The van der Waals surface area contributed by atoms with Gasteiger partial charge in [-0.1, -0.05) is 29.8 Å². The number of benzene rings is 1. The molecular formula is C15H16O3. The summed E-state index contributed by atoms with van der Waals surface area (Å²) in [7, 11) is 0. The average Bonchev–Trinajstić information content (AvgIpc) is 2.66. The van der Waals surface area contributed by atoms with Gasteiger partial charge in [-0.15, -0.1) is 0 Å². The molecule has 0 amide bonds. The molecule has 1 aliphatic carbocycles. The van der Waals surface area contributed by atoms with Crippen molar-refractivity contribution >= 4 is 11.7 Å². The molecule has 94 valence electrons. The lowest BCUT2D eigenvalue weighted by Gasteiger charge is -2.08. The molecule has 3 heteroatoms. The number of carbonyl (C=O) groups is 1. The van der Waals surface area contributed by atoms with E-state index in [0.29, 0.717) is 11.3 Å². The van der Waals surface area contributed by atoms with Crippen molar-refractivity contribution in [1.82, 2.24) is 0 Å². The van der Waals surface area contributed by atoms with Gasteiger partial charge in [0.2, 0.25) is 0 Å². The minimum Gasteiger partial charge on any atom is -0.423 e. The van der Waals surface area contributed by atoms with Crippen LogP contribution in [0.15, 0.2) is 41.5 Å². The molecule has 0 aromatic heterocycles. The second kappa shape index (κ2) is 4.78. The van der Waals surface area contributed by atoms with Crippen molar-refractivity contribution in [2.75, 3.05) is 0 Å². The van der Waals surface area contributed by atoms with Crippen LogP contribution in [0.4, 0.5) is 0 Å². The number of aliphatic hydroxyl groups is 1. The quantitative estimate of drug-likeness (QED) is 0.642. The maximum Gasteiger partial charge on any atom is 0.339 e. The van der Waals surface area contributed by atoms with E-state index in [4.69, 9.17) is 4.74 Å². The van der Waals surface area contributed by atoms with Crippen molar-refractivity contribution in [3.8, 4) is 0 Å². The molecule has 0 aliphatic heterocycles. The van der Waals surface area contributed by atoms with E-state index >= 15 is 0 Å². The molecule has 0 spiro atoms. The third kappa shape index (κ3) is 2.22. The van der Waals surface area contributed by atoms with Crippen LogP contribution in [0.5, 0.6) is 0 Å². The molecule has 0 saturated carbocycles. The Bertz CT molecular complexity index is 549. The van der Waals surface area contributed by atoms with E-state index in [1.54, 1.807) is 13.0 Å². The molecule has 0 saturated heterocycles. The summed E-state index contributed by atoms with van der Waals surface area (Å²) in [6, 6.07) is 7.36. The van der Waals surface area contributed by atoms with Crippen molar-refractivity contribution in [3.63, 3.8) is 0 Å². The van der Waals surface area contributed by atoms with E-state index in [-0.39, 0.29) is 5.97 Å². The van der Waals surface area contributed by atoms with E-state index in [2.05, 4.69) is 0 Å². The number of allylic oxidation sites excluding steroid dienone is 1. The molecule has 1 atom stereocenters. The van der Waals surface area contributed by atoms with Crippen LogP contribution in [-0.2, 0) is 9.53 Å². The number of fused-ring (bicyclic) bond motifs is 1. The zero-order valence-corrected chi connectivity index (χ0v) is 10.7. The minimum absolute atomic E-state index is 0.370. The molecule has 0 bridgehead atoms. The fourth-order valence-electron chi connectivity index (χ4n) is 1.77. The van der Waals surface area contributed by atoms with Gasteiger partial charge in [0.25, 0.3) is 0 Å². The van der Waals surface area contributed by atoms with E-state index in [0.717, 1.165) is 16.7 Å². The molecule has 2 rings (SSSR count). The zero-order valence-electron chi connectivity index (χ0n) is 10.7. The van der Waals surface area contributed by atoms with Crippen molar-refractivity contribution in [3.05, 3.63) is 52.6 Å². The Morgan fingerprint density at radius 1 is 1.22 bits per heavy atom. The van der Waals surface area contributed by atoms with Crippen LogP contribution < -0.4 is 0 Å². The van der Waals surface area contributed by atoms with Crippen LogP contribution in [-0.4, -0.2) is 11.1 Å². The van der Waals surface area contributed by atoms with Crippen LogP contribution in [0.1, 0.15) is 38.0 Å². The predicted octanol–water partition coefficient (Wildman–Crippen LogP) is 2.97. The molecule has 1 unspecified atom stereocenters. The maximum atomic E-state index is 11.9. The largest absolute Gasteiger partial charge is 0.423 e. The van der Waals surface area contributed by atoms with Gasteiger partial charge in [-0.2, -0.15) is 0 Å². The molecule has 18 heavy (non-hydrogen) atoms. The lowest BCUT2D eigenvalue weighted by Crippen LogP contribution is -2.05. The van der Waals surface area contributed by atoms with Gasteiger partial charge in [0.15, 0.2) is 0 Å². The zero-order chi connectivity index (χ0) is 13.3. The van der Waals surface area contributed by atoms with Gasteiger partial charge in [0.05, 0.1) is 0 Å². The van der Waals surface area contributed by atoms with Crippen LogP contribution in [0, 0.1) is 0 Å². The highest BCUT2D eigenvalue weighted by atomic mass is 16.5. The molecule has 1 aliphatic rings. The van der Waals surface area contributed by atoms with Crippen LogP contribution in [0.2, 0.25) is 0 Å². The first-order valence-corrected chi connectivity index (χ1v) is 5.86. The highest BCUT2D eigenvalue weighted by molar-refractivity contribution is 5.93. The SMILES string of the molecule is CC(C)=C(C)C(=O)OC1=CC(O)c2ccccc21. The molecular weight excluding hydrogens is 228 g/mol. The number of hydrogen-bond acceptors (Lipinski definition) is 3. The highest BCUT2D eigenvalue weighted by Crippen LogP contribution is 2.35. The van der Waals surface area contributed by atoms with Crippen molar-refractivity contribution in [1.29, 1.82) is 0 Å². The Kier molecular flexibility index (Phi) is 3.34. The summed E-state index contributed by atoms with van der Waals surface area (Å²) in [4.78, 5) is 11.9. The van der Waals surface area contributed by atoms with E-state index < -0.39 is 6.10 Å². The van der Waals surface area contributed by atoms with Crippen molar-refractivity contribution in [2.24, 2.45) is 0 Å². The Morgan fingerprint density at radius 3 is 2.56 bits per heavy atom. The topological polar surface area (TPSA) is 46.5 Å². The van der Waals surface area contributed by atoms with Gasteiger partial charge in [-0.05, 0) is 32.4 Å². The monoisotopic (exact) mass is 244 g/mol. The van der Waals surface area contributed by atoms with Gasteiger partial charge in [-0.25, -0.2) is 4.79 Å². The van der Waals surface area contributed by atoms with E-state index in [1.165, 1.54) is 0 Å². The second-order valence-electron chi connectivity index (χ2n) is 4.58. The summed E-state index contributed by atoms with van der Waals surface area (Å²) in [6.07, 6.45) is 0.858. The fourth-order valence-corrected chi connectivity index (χ4v) is 1.77. The normalized spacial score (nSPS) is 16.9. The lowest BCUT2D eigenvalue weighted by molar-refractivity contribution is -0.132. The molecule has 0 fully saturated rings. The lowest BCUT2D eigenvalue weighted by atomic mass is 10.1. The summed E-state index contributed by atoms with van der Waals surface area (Å²) in [6.45, 7) is 5.46. The third-order valence-corrected chi connectivity index (χ3v) is 3.11. The molecule has 0 heterocycles. The Labute approximate surface area is 106 Å². The van der Waals surface area contributed by atoms with Crippen molar-refractivity contribution in [2.45, 2.75) is 26.9 Å². The molecule has 1 aromatic carbocycles. The summed E-state index contributed by atoms with van der Waals surface area (Å²) in [5, 5.41) is 9.83. The first-order chi connectivity index (χ1) is 8.50. The molecule has 1 aromatic rings. The first-order valence-electron chi connectivity index (χ1n) is 5.86. The number of carbonyl (C=O) groups excluding carboxylic acids is 1. The van der Waals surface area contributed by atoms with Crippen LogP contribution in [0.25, 0.3) is 5.76 Å². The molecule has 1 N–H and O–H groups in total. The van der Waals surface area contributed by atoms with Gasteiger partial charge in [0.1, 0.15) is 11.9 Å². The average molecular weight is 244 g/mol. The third-order valence-electron chi connectivity index (χ3n) is 3.11. The van der Waals surface area contributed by atoms with Crippen LogP contribution in [0.3, 0.4) is 0 Å². The summed E-state index contributed by atoms with van der Waals surface area (Å²) in [5.41, 5.74) is 3.07. The van der Waals surface area contributed by atoms with E-state index in [1.807, 2.05) is 38.1 Å². The summed E-state index contributed by atoms with van der Waals surface area (Å²) < 4.78 is 5.34. The van der Waals surface area contributed by atoms with Gasteiger partial charge in [-0.3, -0.25) is 0 Å². The Hall–Kier alpha value is -1.87. The van der Waals surface area contributed by atoms with E-state index in [9.17, 15) is 9.90 Å². The number of hydrogen-bond donors (Lipinski definition) is 1. The molecule has 3 nitrogen and oxygen atoms in total. The van der Waals surface area contributed by atoms with Crippen LogP contribution >= 0.6 is 0 Å². The standard InChI is InChI=1S/C15H16O3/c1-9(2)10(3)15(17)18-14-8-13(16)11-6-4-5-7-12(11)14/h4-8,13,16H,1-3H3. The van der Waals surface area contributed by atoms with Gasteiger partial charge in [0, 0.05) is 11.1 Å². The Morgan fingerprint density at radius 2 is 1.89 bits per heavy atom. The van der Waals surface area contributed by atoms with Gasteiger partial charge < -0.3 is 9.84 Å². The first kappa shape index (κ1) is 12.6. The van der Waals surface area contributed by atoms with Gasteiger partial charge >= 0.3 is 5.97 Å². The number of rotatable bonds is 2. The number of ether oxygens (including phenoxy) is 1. The molecule has 0 radical (unpaired) electrons. The fraction of sp³-hybridized carbons (Fsp3) is 0.267.